The van der Waals surface area contributed by atoms with E-state index in [1.165, 1.54) is 0 Å². The van der Waals surface area contributed by atoms with E-state index in [2.05, 4.69) is 20.8 Å². The average molecular weight is 1220 g/mol. The van der Waals surface area contributed by atoms with Crippen molar-refractivity contribution in [1.82, 2.24) is 0 Å². The quantitative estimate of drug-likeness (QED) is 0.0569. The van der Waals surface area contributed by atoms with Gasteiger partial charge in [0.1, 0.15) is 116 Å². The van der Waals surface area contributed by atoms with Gasteiger partial charge < -0.3 is 139 Å². The van der Waals surface area contributed by atoms with E-state index in [4.69, 9.17) is 52.1 Å². The number of aliphatic hydroxyl groups excluding tert-OH is 16. The molecular formula is C56H94O28. The zero-order valence-electron chi connectivity index (χ0n) is 48.0. The standard InChI is InChI=1S/C56H94O28/c1-21(19-74-49-43(70)39(66)36(63)30(15-57)77-49)7-12-56(73)22(2)34-29(84-56)14-27-25-6-5-23-13-24(8-10-54(23,3)26(25)9-11-55(27,34)4)76-51-45(72)41(68)46(33(18-60)80-51)81-53-48(83-52-44(71)40(67)37(64)31(16-58)78-52)47(38(65)32(17-59)79-53)82-50-42(69)35(62)28(61)20-75-50/h21-53,57-73H,5-20H2,1-4H3/t21-,22-,23-,24+,25+,26+,27-,28-,29-,30-,31-,32-,33-,34-,35-,36-,37+,38-,39?,40-,41+,42+,43+,44+,45+,46+,47-,48+,49-,50+,51-,52+,53+,54+,55+,56+/m0/s1. The smallest absolute Gasteiger partial charge is 0.187 e. The third kappa shape index (κ3) is 12.1. The highest BCUT2D eigenvalue weighted by Crippen LogP contribution is 2.71. The van der Waals surface area contributed by atoms with E-state index in [9.17, 15) is 86.8 Å². The number of hydrogen-bond donors (Lipinski definition) is 17. The number of fused-ring (bicyclic) bond motifs is 7. The van der Waals surface area contributed by atoms with Gasteiger partial charge in [0.2, 0.25) is 0 Å². The molecule has 6 aliphatic heterocycles. The van der Waals surface area contributed by atoms with Gasteiger partial charge in [0, 0.05) is 12.3 Å². The highest BCUT2D eigenvalue weighted by Gasteiger charge is 2.69. The molecule has 10 aliphatic rings. The van der Waals surface area contributed by atoms with Gasteiger partial charge in [0.15, 0.2) is 37.2 Å². The summed E-state index contributed by atoms with van der Waals surface area (Å²) >= 11 is 0. The average Bonchev–Trinajstić information content (AvgIpc) is 2.08. The summed E-state index contributed by atoms with van der Waals surface area (Å²) in [7, 11) is 0. The highest BCUT2D eigenvalue weighted by molar-refractivity contribution is 5.15. The van der Waals surface area contributed by atoms with Crippen LogP contribution in [0.25, 0.3) is 0 Å². The fourth-order valence-electron chi connectivity index (χ4n) is 16.8. The van der Waals surface area contributed by atoms with Crippen molar-refractivity contribution in [2.24, 2.45) is 52.3 Å². The maximum atomic E-state index is 12.1. The fraction of sp³-hybridized carbons (Fsp3) is 1.00. The van der Waals surface area contributed by atoms with Crippen molar-refractivity contribution in [3.8, 4) is 0 Å². The lowest BCUT2D eigenvalue weighted by Gasteiger charge is -2.61. The lowest BCUT2D eigenvalue weighted by atomic mass is 9.44. The van der Waals surface area contributed by atoms with Gasteiger partial charge in [-0.05, 0) is 104 Å². The lowest BCUT2D eigenvalue weighted by Crippen LogP contribution is -2.68. The molecule has 0 amide bonds. The summed E-state index contributed by atoms with van der Waals surface area (Å²) < 4.78 is 65.9. The van der Waals surface area contributed by atoms with Crippen molar-refractivity contribution in [2.75, 3.05) is 39.6 Å². The molecule has 0 bridgehead atoms. The first-order chi connectivity index (χ1) is 39.8. The van der Waals surface area contributed by atoms with Crippen LogP contribution in [0.4, 0.5) is 0 Å². The summed E-state index contributed by atoms with van der Waals surface area (Å²) in [6, 6.07) is 0. The Hall–Kier alpha value is -1.12. The first-order valence-electron chi connectivity index (χ1n) is 30.3. The van der Waals surface area contributed by atoms with E-state index in [0.717, 1.165) is 38.5 Å². The van der Waals surface area contributed by atoms with Gasteiger partial charge in [0.25, 0.3) is 0 Å². The van der Waals surface area contributed by atoms with Crippen LogP contribution in [0.15, 0.2) is 0 Å². The second-order valence-corrected chi connectivity index (χ2v) is 26.6. The van der Waals surface area contributed by atoms with Gasteiger partial charge in [0.05, 0.1) is 51.8 Å². The van der Waals surface area contributed by atoms with Gasteiger partial charge in [-0.15, -0.1) is 0 Å². The van der Waals surface area contributed by atoms with Crippen LogP contribution in [0.3, 0.4) is 0 Å². The molecule has 1 unspecified atom stereocenters. The molecular weight excluding hydrogens is 1120 g/mol. The Balaban J connectivity index is 0.759. The Morgan fingerprint density at radius 3 is 1.73 bits per heavy atom. The Bertz CT molecular complexity index is 2140. The summed E-state index contributed by atoms with van der Waals surface area (Å²) in [5, 5.41) is 182. The van der Waals surface area contributed by atoms with Crippen LogP contribution in [0.2, 0.25) is 0 Å². The maximum absolute atomic E-state index is 12.1. The molecule has 0 aromatic carbocycles. The first-order valence-corrected chi connectivity index (χ1v) is 30.3. The van der Waals surface area contributed by atoms with Gasteiger partial charge in [-0.1, -0.05) is 27.7 Å². The molecule has 486 valence electrons. The molecule has 0 aromatic heterocycles. The molecule has 17 N–H and O–H groups in total. The van der Waals surface area contributed by atoms with Crippen molar-refractivity contribution >= 4 is 0 Å². The van der Waals surface area contributed by atoms with Crippen molar-refractivity contribution in [2.45, 2.75) is 257 Å². The molecule has 10 rings (SSSR count). The van der Waals surface area contributed by atoms with Crippen molar-refractivity contribution in [3.05, 3.63) is 0 Å². The number of hydrogen-bond acceptors (Lipinski definition) is 28. The van der Waals surface area contributed by atoms with E-state index in [1.807, 2.05) is 6.92 Å². The van der Waals surface area contributed by atoms with Gasteiger partial charge in [-0.2, -0.15) is 0 Å². The number of ether oxygens (including phenoxy) is 11. The predicted molar refractivity (Wildman–Crippen MR) is 278 cm³/mol. The topological polar surface area (TPSA) is 445 Å². The van der Waals surface area contributed by atoms with Crippen LogP contribution in [-0.4, -0.2) is 292 Å². The van der Waals surface area contributed by atoms with E-state index < -0.39 is 192 Å². The molecule has 6 saturated heterocycles. The van der Waals surface area contributed by atoms with E-state index in [-0.39, 0.29) is 47.2 Å². The lowest BCUT2D eigenvalue weighted by molar-refractivity contribution is -0.404. The van der Waals surface area contributed by atoms with Crippen molar-refractivity contribution < 1.29 is 139 Å². The molecule has 0 spiro atoms. The molecule has 10 fully saturated rings. The Morgan fingerprint density at radius 1 is 0.512 bits per heavy atom. The van der Waals surface area contributed by atoms with E-state index >= 15 is 0 Å². The third-order valence-corrected chi connectivity index (χ3v) is 21.8. The minimum absolute atomic E-state index is 0.0288. The molecule has 6 heterocycles. The van der Waals surface area contributed by atoms with Crippen LogP contribution < -0.4 is 0 Å². The number of aliphatic hydroxyl groups is 17. The summed E-state index contributed by atoms with van der Waals surface area (Å²) in [4.78, 5) is 0. The molecule has 4 saturated carbocycles. The molecule has 0 radical (unpaired) electrons. The zero-order valence-corrected chi connectivity index (χ0v) is 48.0. The van der Waals surface area contributed by atoms with Gasteiger partial charge in [-0.25, -0.2) is 0 Å². The van der Waals surface area contributed by atoms with Crippen LogP contribution in [0, 0.1) is 52.3 Å². The normalized spacial score (nSPS) is 55.4. The highest BCUT2D eigenvalue weighted by atomic mass is 16.8. The molecule has 36 atom stereocenters. The van der Waals surface area contributed by atoms with Crippen LogP contribution >= 0.6 is 0 Å². The first kappa shape index (κ1) is 65.8. The van der Waals surface area contributed by atoms with Crippen molar-refractivity contribution in [3.63, 3.8) is 0 Å². The molecule has 84 heavy (non-hydrogen) atoms. The number of rotatable bonds is 18. The largest absolute Gasteiger partial charge is 0.394 e. The summed E-state index contributed by atoms with van der Waals surface area (Å²) in [6.45, 7) is 5.31. The summed E-state index contributed by atoms with van der Waals surface area (Å²) in [5.41, 5.74) is -0.0852. The van der Waals surface area contributed by atoms with Crippen LogP contribution in [0.5, 0.6) is 0 Å². The zero-order chi connectivity index (χ0) is 60.6. The minimum Gasteiger partial charge on any atom is -0.394 e. The fourth-order valence-corrected chi connectivity index (χ4v) is 16.8. The SMILES string of the molecule is C[C@@H](CC[C@@]1(O)O[C@H]2C[C@H]3[C@@H]4CC[C@H]5C[C@H](O[C@H]6O[C@@H](CO)[C@@H](O[C@H]7O[C@@H](CO)[C@H](O)[C@H](O[C@H]8OC[C@H](O)[C@H](O)[C@H]8O)[C@H]7O[C@H]7O[C@@H](CO)[C@@H](O)[C@H](O)[C@H]7O)[C@H](O)[C@H]6O)CC[C@@]5(C)[C@@H]4CC[C@@]3(C)[C@H]2[C@@H]1C)CO[C@H]1O[C@@H](CO)[C@H](O)C(O)[C@H]1O. The van der Waals surface area contributed by atoms with Crippen LogP contribution in [-0.2, 0) is 52.1 Å². The van der Waals surface area contributed by atoms with Crippen molar-refractivity contribution in [1.29, 1.82) is 0 Å². The molecule has 4 aliphatic carbocycles. The van der Waals surface area contributed by atoms with E-state index in [1.54, 1.807) is 0 Å². The Labute approximate surface area is 487 Å². The maximum Gasteiger partial charge on any atom is 0.187 e. The van der Waals surface area contributed by atoms with Gasteiger partial charge >= 0.3 is 0 Å². The Kier molecular flexibility index (Phi) is 20.6. The molecule has 28 nitrogen and oxygen atoms in total. The minimum atomic E-state index is -2.02. The molecule has 28 heteroatoms. The van der Waals surface area contributed by atoms with Crippen LogP contribution in [0.1, 0.15) is 91.9 Å². The second kappa shape index (κ2) is 26.2. The molecule has 0 aromatic rings. The monoisotopic (exact) mass is 1210 g/mol. The summed E-state index contributed by atoms with van der Waals surface area (Å²) in [5.74, 6) is 0.0903. The third-order valence-electron chi connectivity index (χ3n) is 21.8. The summed E-state index contributed by atoms with van der Waals surface area (Å²) in [6.07, 6.45) is -33.1. The predicted octanol–water partition coefficient (Wildman–Crippen LogP) is -5.49. The Morgan fingerprint density at radius 2 is 1.06 bits per heavy atom. The van der Waals surface area contributed by atoms with Gasteiger partial charge in [-0.3, -0.25) is 0 Å². The second-order valence-electron chi connectivity index (χ2n) is 26.6. The van der Waals surface area contributed by atoms with E-state index in [0.29, 0.717) is 43.4 Å².